The molecule has 2 heterocycles. The number of benzene rings is 2. The van der Waals surface area contributed by atoms with Gasteiger partial charge in [0.1, 0.15) is 5.75 Å². The number of rotatable bonds is 6. The third-order valence-electron chi connectivity index (χ3n) is 5.23. The van der Waals surface area contributed by atoms with Gasteiger partial charge in [-0.15, -0.1) is 11.3 Å². The van der Waals surface area contributed by atoms with Gasteiger partial charge in [0.15, 0.2) is 0 Å². The van der Waals surface area contributed by atoms with Crippen molar-refractivity contribution in [1.82, 2.24) is 10.2 Å². The van der Waals surface area contributed by atoms with Crippen LogP contribution in [0, 0.1) is 0 Å². The molecule has 1 aromatic heterocycles. The zero-order valence-corrected chi connectivity index (χ0v) is 17.0. The highest BCUT2D eigenvalue weighted by Gasteiger charge is 2.23. The quantitative estimate of drug-likeness (QED) is 0.657. The molecule has 0 radical (unpaired) electrons. The van der Waals surface area contributed by atoms with E-state index in [2.05, 4.69) is 33.3 Å². The maximum absolute atomic E-state index is 12.8. The molecular weight excluding hydrogens is 382 g/mol. The molecule has 1 atom stereocenters. The smallest absolute Gasteiger partial charge is 0.234 e. The molecule has 2 N–H and O–H groups in total. The molecule has 0 unspecified atom stereocenters. The molecule has 4 rings (SSSR count). The van der Waals surface area contributed by atoms with E-state index in [0.29, 0.717) is 12.3 Å². The third-order valence-corrected chi connectivity index (χ3v) is 6.17. The molecule has 2 aromatic carbocycles. The van der Waals surface area contributed by atoms with Gasteiger partial charge in [0.2, 0.25) is 5.91 Å². The Hall–Kier alpha value is -2.83. The Balaban J connectivity index is 1.35. The Bertz CT molecular complexity index is 922. The zero-order chi connectivity index (χ0) is 20.1. The van der Waals surface area contributed by atoms with Crippen LogP contribution in [0.5, 0.6) is 5.75 Å². The first-order valence-corrected chi connectivity index (χ1v) is 10.7. The Morgan fingerprint density at radius 2 is 1.69 bits per heavy atom. The van der Waals surface area contributed by atoms with Crippen LogP contribution in [0.4, 0.5) is 5.69 Å². The monoisotopic (exact) mass is 407 g/mol. The first-order valence-electron chi connectivity index (χ1n) is 9.84. The van der Waals surface area contributed by atoms with E-state index in [-0.39, 0.29) is 11.9 Å². The fourth-order valence-electron chi connectivity index (χ4n) is 3.71. The Morgan fingerprint density at radius 1 is 0.966 bits per heavy atom. The van der Waals surface area contributed by atoms with E-state index in [0.717, 1.165) is 42.3 Å². The van der Waals surface area contributed by atoms with Crippen LogP contribution in [0.3, 0.4) is 0 Å². The van der Waals surface area contributed by atoms with Gasteiger partial charge in [0, 0.05) is 31.1 Å². The van der Waals surface area contributed by atoms with Gasteiger partial charge in [-0.2, -0.15) is 0 Å². The van der Waals surface area contributed by atoms with Gasteiger partial charge in [-0.05, 0) is 29.1 Å². The molecule has 1 saturated heterocycles. The second kappa shape index (κ2) is 9.11. The minimum Gasteiger partial charge on any atom is -0.506 e. The van der Waals surface area contributed by atoms with E-state index >= 15 is 0 Å². The van der Waals surface area contributed by atoms with E-state index in [1.807, 2.05) is 47.8 Å². The highest BCUT2D eigenvalue weighted by atomic mass is 32.1. The van der Waals surface area contributed by atoms with Gasteiger partial charge in [-0.25, -0.2) is 0 Å². The minimum atomic E-state index is -0.119. The molecular formula is C23H25N3O2S. The number of hydrogen-bond acceptors (Lipinski definition) is 5. The highest BCUT2D eigenvalue weighted by molar-refractivity contribution is 7.10. The highest BCUT2D eigenvalue weighted by Crippen LogP contribution is 2.28. The lowest BCUT2D eigenvalue weighted by Crippen LogP contribution is -2.49. The van der Waals surface area contributed by atoms with E-state index in [4.69, 9.17) is 0 Å². The number of nitrogens with one attached hydrogen (secondary N) is 1. The molecule has 1 aliphatic rings. The summed E-state index contributed by atoms with van der Waals surface area (Å²) in [6.07, 6.45) is 0. The summed E-state index contributed by atoms with van der Waals surface area (Å²) in [4.78, 5) is 18.3. The number of para-hydroxylation sites is 2. The first-order chi connectivity index (χ1) is 14.2. The standard InChI is InChI=1S/C23H25N3O2S/c27-20-10-5-4-9-19(20)26-14-12-25(13-15-26)17-22(28)24-23(21-11-6-16-29-21)18-7-2-1-3-8-18/h1-11,16,23,27H,12-15,17H2,(H,24,28)/t23-/m0/s1. The average molecular weight is 408 g/mol. The maximum Gasteiger partial charge on any atom is 0.234 e. The predicted molar refractivity (Wildman–Crippen MR) is 118 cm³/mol. The molecule has 29 heavy (non-hydrogen) atoms. The zero-order valence-electron chi connectivity index (χ0n) is 16.2. The number of aromatic hydroxyl groups is 1. The molecule has 0 aliphatic carbocycles. The molecule has 5 nitrogen and oxygen atoms in total. The average Bonchev–Trinajstić information content (AvgIpc) is 3.28. The molecule has 0 saturated carbocycles. The molecule has 1 fully saturated rings. The largest absolute Gasteiger partial charge is 0.506 e. The lowest BCUT2D eigenvalue weighted by molar-refractivity contribution is -0.122. The number of thiophene rings is 1. The summed E-state index contributed by atoms with van der Waals surface area (Å²) < 4.78 is 0. The Kier molecular flexibility index (Phi) is 6.12. The number of hydrogen-bond donors (Lipinski definition) is 2. The second-order valence-corrected chi connectivity index (χ2v) is 8.16. The number of nitrogens with zero attached hydrogens (tertiary/aromatic N) is 2. The summed E-state index contributed by atoms with van der Waals surface area (Å²) in [6.45, 7) is 3.53. The van der Waals surface area contributed by atoms with Gasteiger partial charge in [0.25, 0.3) is 0 Å². The van der Waals surface area contributed by atoms with Crippen molar-refractivity contribution in [3.63, 3.8) is 0 Å². The number of amides is 1. The van der Waals surface area contributed by atoms with Crippen LogP contribution in [-0.2, 0) is 4.79 Å². The predicted octanol–water partition coefficient (Wildman–Crippen LogP) is 3.48. The van der Waals surface area contributed by atoms with Gasteiger partial charge in [0.05, 0.1) is 18.3 Å². The van der Waals surface area contributed by atoms with Crippen molar-refractivity contribution in [2.75, 3.05) is 37.6 Å². The van der Waals surface area contributed by atoms with Crippen molar-refractivity contribution in [3.05, 3.63) is 82.6 Å². The van der Waals surface area contributed by atoms with Crippen molar-refractivity contribution in [2.24, 2.45) is 0 Å². The molecule has 3 aromatic rings. The lowest BCUT2D eigenvalue weighted by atomic mass is 10.1. The fourth-order valence-corrected chi connectivity index (χ4v) is 4.51. The number of anilines is 1. The van der Waals surface area contributed by atoms with Crippen LogP contribution < -0.4 is 10.2 Å². The molecule has 0 spiro atoms. The first kappa shape index (κ1) is 19.5. The summed E-state index contributed by atoms with van der Waals surface area (Å²) in [5.74, 6) is 0.337. The van der Waals surface area contributed by atoms with Gasteiger partial charge in [-0.3, -0.25) is 9.69 Å². The summed E-state index contributed by atoms with van der Waals surface area (Å²) in [7, 11) is 0. The van der Waals surface area contributed by atoms with Crippen molar-refractivity contribution in [3.8, 4) is 5.75 Å². The third kappa shape index (κ3) is 4.78. The van der Waals surface area contributed by atoms with E-state index < -0.39 is 0 Å². The van der Waals surface area contributed by atoms with E-state index in [1.165, 1.54) is 0 Å². The number of carbonyl (C=O) groups is 1. The fraction of sp³-hybridized carbons (Fsp3) is 0.261. The van der Waals surface area contributed by atoms with E-state index in [9.17, 15) is 9.90 Å². The topological polar surface area (TPSA) is 55.8 Å². The van der Waals surface area contributed by atoms with Gasteiger partial charge >= 0.3 is 0 Å². The Morgan fingerprint density at radius 3 is 2.38 bits per heavy atom. The molecule has 1 amide bonds. The molecule has 6 heteroatoms. The van der Waals surface area contributed by atoms with Crippen LogP contribution in [0.25, 0.3) is 0 Å². The van der Waals surface area contributed by atoms with Crippen LogP contribution in [0.15, 0.2) is 72.1 Å². The van der Waals surface area contributed by atoms with E-state index in [1.54, 1.807) is 17.4 Å². The Labute approximate surface area is 175 Å². The van der Waals surface area contributed by atoms with Crippen LogP contribution in [0.2, 0.25) is 0 Å². The second-order valence-electron chi connectivity index (χ2n) is 7.18. The summed E-state index contributed by atoms with van der Waals surface area (Å²) in [5.41, 5.74) is 1.95. The SMILES string of the molecule is O=C(CN1CCN(c2ccccc2O)CC1)N[C@@H](c1ccccc1)c1cccs1. The minimum absolute atomic E-state index is 0.0308. The summed E-state index contributed by atoms with van der Waals surface area (Å²) in [5, 5.41) is 15.3. The van der Waals surface area contributed by atoms with Crippen LogP contribution in [-0.4, -0.2) is 48.6 Å². The number of phenols is 1. The molecule has 1 aliphatic heterocycles. The number of phenolic OH excluding ortho intramolecular Hbond substituents is 1. The van der Waals surface area contributed by atoms with Crippen molar-refractivity contribution in [1.29, 1.82) is 0 Å². The number of piperazine rings is 1. The van der Waals surface area contributed by atoms with Crippen molar-refractivity contribution in [2.45, 2.75) is 6.04 Å². The summed E-state index contributed by atoms with van der Waals surface area (Å²) >= 11 is 1.65. The van der Waals surface area contributed by atoms with Crippen molar-refractivity contribution < 1.29 is 9.90 Å². The van der Waals surface area contributed by atoms with Crippen LogP contribution in [0.1, 0.15) is 16.5 Å². The normalized spacial score (nSPS) is 15.8. The van der Waals surface area contributed by atoms with Crippen LogP contribution >= 0.6 is 11.3 Å². The van der Waals surface area contributed by atoms with Crippen molar-refractivity contribution >= 4 is 22.9 Å². The summed E-state index contributed by atoms with van der Waals surface area (Å²) in [6, 6.07) is 21.5. The van der Waals surface area contributed by atoms with Gasteiger partial charge < -0.3 is 15.3 Å². The maximum atomic E-state index is 12.8. The van der Waals surface area contributed by atoms with Gasteiger partial charge in [-0.1, -0.05) is 48.5 Å². The number of carbonyl (C=O) groups excluding carboxylic acids is 1. The lowest BCUT2D eigenvalue weighted by Gasteiger charge is -2.36. The molecule has 150 valence electrons. The molecule has 0 bridgehead atoms.